The molecule has 2 heterocycles. The van der Waals surface area contributed by atoms with Crippen LogP contribution in [0.5, 0.6) is 5.75 Å². The van der Waals surface area contributed by atoms with E-state index in [9.17, 15) is 4.79 Å². The number of nitrogens with zero attached hydrogens (tertiary/aromatic N) is 2. The van der Waals surface area contributed by atoms with Crippen LogP contribution in [0.4, 0.5) is 0 Å². The van der Waals surface area contributed by atoms with Crippen molar-refractivity contribution in [2.24, 2.45) is 0 Å². The molecule has 0 unspecified atom stereocenters. The van der Waals surface area contributed by atoms with Crippen LogP contribution >= 0.6 is 0 Å². The summed E-state index contributed by atoms with van der Waals surface area (Å²) in [6, 6.07) is 26.2. The van der Waals surface area contributed by atoms with E-state index < -0.39 is 0 Å². The Morgan fingerprint density at radius 2 is 1.70 bits per heavy atom. The molecule has 0 bridgehead atoms. The van der Waals surface area contributed by atoms with Crippen LogP contribution in [0.2, 0.25) is 0 Å². The van der Waals surface area contributed by atoms with Gasteiger partial charge in [-0.3, -0.25) is 9.78 Å². The minimum Gasteiger partial charge on any atom is -0.497 e. The molecule has 3 aromatic carbocycles. The van der Waals surface area contributed by atoms with Gasteiger partial charge in [-0.25, -0.2) is 0 Å². The first-order valence-electron chi connectivity index (χ1n) is 10.1. The van der Waals surface area contributed by atoms with E-state index in [2.05, 4.69) is 24.3 Å². The molecule has 0 N–H and O–H groups in total. The predicted octanol–water partition coefficient (Wildman–Crippen LogP) is 5.11. The molecule has 0 spiro atoms. The number of fused-ring (bicyclic) bond motifs is 2. The van der Waals surface area contributed by atoms with Gasteiger partial charge in [-0.2, -0.15) is 0 Å². The van der Waals surface area contributed by atoms with Crippen molar-refractivity contribution in [3.05, 3.63) is 95.7 Å². The lowest BCUT2D eigenvalue weighted by molar-refractivity contribution is 0.0780. The average molecular weight is 394 g/mol. The molecule has 4 nitrogen and oxygen atoms in total. The Balaban J connectivity index is 1.36. The summed E-state index contributed by atoms with van der Waals surface area (Å²) >= 11 is 0. The number of amides is 1. The van der Waals surface area contributed by atoms with Crippen LogP contribution in [0, 0.1) is 0 Å². The molecule has 0 saturated heterocycles. The normalized spacial score (nSPS) is 13.0. The number of ether oxygens (including phenoxy) is 1. The fraction of sp³-hybridized carbons (Fsp3) is 0.154. The van der Waals surface area contributed by atoms with E-state index in [0.29, 0.717) is 13.1 Å². The highest BCUT2D eigenvalue weighted by Crippen LogP contribution is 2.33. The van der Waals surface area contributed by atoms with Crippen LogP contribution in [0.15, 0.2) is 78.9 Å². The summed E-state index contributed by atoms with van der Waals surface area (Å²) < 4.78 is 5.26. The van der Waals surface area contributed by atoms with E-state index in [1.807, 2.05) is 59.5 Å². The fourth-order valence-corrected chi connectivity index (χ4v) is 4.11. The highest BCUT2D eigenvalue weighted by Gasteiger charge is 2.29. The van der Waals surface area contributed by atoms with Gasteiger partial charge in [-0.05, 0) is 47.0 Å². The summed E-state index contributed by atoms with van der Waals surface area (Å²) in [5.74, 6) is 0.924. The SMILES string of the molecule is COc1ccc(-c2cccc3c2CN(CCc2ccc4ccccc4n2)C3=O)cc1. The van der Waals surface area contributed by atoms with Crippen molar-refractivity contribution < 1.29 is 9.53 Å². The molecule has 148 valence electrons. The third-order valence-corrected chi connectivity index (χ3v) is 5.74. The first-order valence-corrected chi connectivity index (χ1v) is 10.1. The Morgan fingerprint density at radius 1 is 0.900 bits per heavy atom. The van der Waals surface area contributed by atoms with Crippen molar-refractivity contribution in [3.8, 4) is 16.9 Å². The smallest absolute Gasteiger partial charge is 0.254 e. The number of hydrogen-bond acceptors (Lipinski definition) is 3. The quantitative estimate of drug-likeness (QED) is 0.472. The number of methoxy groups -OCH3 is 1. The summed E-state index contributed by atoms with van der Waals surface area (Å²) in [7, 11) is 1.66. The monoisotopic (exact) mass is 394 g/mol. The third-order valence-electron chi connectivity index (χ3n) is 5.74. The molecular weight excluding hydrogens is 372 g/mol. The summed E-state index contributed by atoms with van der Waals surface area (Å²) in [6.07, 6.45) is 0.739. The number of para-hydroxylation sites is 1. The van der Waals surface area contributed by atoms with Crippen LogP contribution in [0.3, 0.4) is 0 Å². The molecule has 5 rings (SSSR count). The number of hydrogen-bond donors (Lipinski definition) is 0. The minimum atomic E-state index is 0.0983. The maximum Gasteiger partial charge on any atom is 0.254 e. The molecule has 4 aromatic rings. The lowest BCUT2D eigenvalue weighted by Gasteiger charge is -2.15. The number of pyridine rings is 1. The maximum atomic E-state index is 13.0. The Hall–Kier alpha value is -3.66. The van der Waals surface area contributed by atoms with Gasteiger partial charge in [0.05, 0.1) is 12.6 Å². The molecule has 1 aliphatic heterocycles. The Labute approximate surface area is 175 Å². The molecule has 30 heavy (non-hydrogen) atoms. The molecule has 0 radical (unpaired) electrons. The fourth-order valence-electron chi connectivity index (χ4n) is 4.11. The Morgan fingerprint density at radius 3 is 2.53 bits per heavy atom. The topological polar surface area (TPSA) is 42.4 Å². The van der Waals surface area contributed by atoms with Crippen molar-refractivity contribution in [3.63, 3.8) is 0 Å². The largest absolute Gasteiger partial charge is 0.497 e. The second-order valence-electron chi connectivity index (χ2n) is 7.53. The number of benzene rings is 3. The van der Waals surface area contributed by atoms with Gasteiger partial charge in [0, 0.05) is 36.2 Å². The van der Waals surface area contributed by atoms with Crippen LogP contribution in [0.1, 0.15) is 21.6 Å². The van der Waals surface area contributed by atoms with Crippen molar-refractivity contribution >= 4 is 16.8 Å². The van der Waals surface area contributed by atoms with E-state index in [-0.39, 0.29) is 5.91 Å². The molecule has 0 fully saturated rings. The molecular formula is C26H22N2O2. The highest BCUT2D eigenvalue weighted by atomic mass is 16.5. The zero-order valence-corrected chi connectivity index (χ0v) is 16.8. The van der Waals surface area contributed by atoms with E-state index in [4.69, 9.17) is 9.72 Å². The van der Waals surface area contributed by atoms with Gasteiger partial charge in [-0.15, -0.1) is 0 Å². The van der Waals surface area contributed by atoms with E-state index in [0.717, 1.165) is 51.0 Å². The first kappa shape index (κ1) is 18.4. The van der Waals surface area contributed by atoms with E-state index in [1.165, 1.54) is 0 Å². The molecule has 4 heteroatoms. The summed E-state index contributed by atoms with van der Waals surface area (Å²) in [5.41, 5.74) is 6.10. The zero-order chi connectivity index (χ0) is 20.5. The Bertz CT molecular complexity index is 1230. The van der Waals surface area contributed by atoms with E-state index in [1.54, 1.807) is 7.11 Å². The number of rotatable bonds is 5. The first-order chi connectivity index (χ1) is 14.7. The van der Waals surface area contributed by atoms with Gasteiger partial charge in [0.15, 0.2) is 0 Å². The van der Waals surface area contributed by atoms with Gasteiger partial charge in [0.25, 0.3) is 5.91 Å². The lowest BCUT2D eigenvalue weighted by atomic mass is 9.97. The van der Waals surface area contributed by atoms with Crippen LogP contribution in [-0.2, 0) is 13.0 Å². The molecule has 0 aliphatic carbocycles. The molecule has 1 amide bonds. The molecule has 0 atom stereocenters. The van der Waals surface area contributed by atoms with Crippen LogP contribution in [0.25, 0.3) is 22.0 Å². The summed E-state index contributed by atoms with van der Waals surface area (Å²) in [4.78, 5) is 19.7. The molecule has 0 saturated carbocycles. The Kier molecular flexibility index (Phi) is 4.68. The minimum absolute atomic E-state index is 0.0983. The molecule has 1 aromatic heterocycles. The summed E-state index contributed by atoms with van der Waals surface area (Å²) in [6.45, 7) is 1.28. The maximum absolute atomic E-state index is 13.0. The number of carbonyl (C=O) groups is 1. The second-order valence-corrected chi connectivity index (χ2v) is 7.53. The highest BCUT2D eigenvalue weighted by molar-refractivity contribution is 6.00. The van der Waals surface area contributed by atoms with Crippen molar-refractivity contribution in [2.75, 3.05) is 13.7 Å². The van der Waals surface area contributed by atoms with Crippen LogP contribution in [-0.4, -0.2) is 29.4 Å². The number of aromatic nitrogens is 1. The zero-order valence-electron chi connectivity index (χ0n) is 16.8. The third kappa shape index (κ3) is 3.30. The van der Waals surface area contributed by atoms with Crippen molar-refractivity contribution in [1.82, 2.24) is 9.88 Å². The van der Waals surface area contributed by atoms with Gasteiger partial charge in [0.1, 0.15) is 5.75 Å². The van der Waals surface area contributed by atoms with Crippen molar-refractivity contribution in [1.29, 1.82) is 0 Å². The average Bonchev–Trinajstić information content (AvgIpc) is 3.13. The van der Waals surface area contributed by atoms with E-state index >= 15 is 0 Å². The molecule has 1 aliphatic rings. The predicted molar refractivity (Wildman–Crippen MR) is 119 cm³/mol. The van der Waals surface area contributed by atoms with Crippen LogP contribution < -0.4 is 4.74 Å². The summed E-state index contributed by atoms with van der Waals surface area (Å²) in [5, 5.41) is 1.13. The van der Waals surface area contributed by atoms with Crippen molar-refractivity contribution in [2.45, 2.75) is 13.0 Å². The lowest BCUT2D eigenvalue weighted by Crippen LogP contribution is -2.26. The second kappa shape index (κ2) is 7.64. The van der Waals surface area contributed by atoms with Gasteiger partial charge >= 0.3 is 0 Å². The number of carbonyl (C=O) groups excluding carboxylic acids is 1. The van der Waals surface area contributed by atoms with Gasteiger partial charge < -0.3 is 9.64 Å². The van der Waals surface area contributed by atoms with Gasteiger partial charge in [-0.1, -0.05) is 48.5 Å². The standard InChI is InChI=1S/C26H22N2O2/c1-30-21-13-10-18(11-14-21)22-6-4-7-23-24(22)17-28(26(23)29)16-15-20-12-9-19-5-2-3-8-25(19)27-20/h2-14H,15-17H2,1H3. The van der Waals surface area contributed by atoms with Gasteiger partial charge in [0.2, 0.25) is 0 Å².